The van der Waals surface area contributed by atoms with Crippen LogP contribution in [0.1, 0.15) is 19.4 Å². The summed E-state index contributed by atoms with van der Waals surface area (Å²) in [5, 5.41) is 1.11. The van der Waals surface area contributed by atoms with E-state index in [1.165, 1.54) is 11.1 Å². The average molecular weight is 333 g/mol. The normalized spacial score (nSPS) is 12.2. The zero-order valence-electron chi connectivity index (χ0n) is 14.9. The van der Waals surface area contributed by atoms with Crippen LogP contribution in [0.25, 0.3) is 22.2 Å². The minimum Gasteiger partial charge on any atom is -0.493 e. The van der Waals surface area contributed by atoms with Crippen molar-refractivity contribution in [2.45, 2.75) is 20.3 Å². The van der Waals surface area contributed by atoms with Gasteiger partial charge in [0.2, 0.25) is 0 Å². The molecule has 2 heterocycles. The van der Waals surface area contributed by atoms with Crippen molar-refractivity contribution in [1.82, 2.24) is 9.97 Å². The third-order valence-electron chi connectivity index (χ3n) is 4.06. The molecule has 0 saturated carbocycles. The molecule has 2 aromatic heterocycles. The van der Waals surface area contributed by atoms with E-state index in [1.807, 2.05) is 49.8 Å². The van der Waals surface area contributed by atoms with Gasteiger partial charge in [0.15, 0.2) is 0 Å². The minimum absolute atomic E-state index is 0.645. The van der Waals surface area contributed by atoms with Crippen LogP contribution in [0.2, 0.25) is 0 Å². The molecule has 3 aromatic rings. The molecule has 0 unspecified atom stereocenters. The van der Waals surface area contributed by atoms with E-state index in [9.17, 15) is 0 Å². The van der Waals surface area contributed by atoms with Gasteiger partial charge < -0.3 is 9.72 Å². The molecule has 0 bridgehead atoms. The van der Waals surface area contributed by atoms with E-state index in [1.54, 1.807) is 7.05 Å². The number of fused-ring (bicyclic) bond motifs is 1. The van der Waals surface area contributed by atoms with Crippen molar-refractivity contribution in [2.75, 3.05) is 13.7 Å². The number of aromatic amines is 1. The molecule has 0 radical (unpaired) electrons. The Morgan fingerprint density at radius 1 is 1.28 bits per heavy atom. The van der Waals surface area contributed by atoms with E-state index in [-0.39, 0.29) is 0 Å². The van der Waals surface area contributed by atoms with Gasteiger partial charge in [-0.2, -0.15) is 0 Å². The highest BCUT2D eigenvalue weighted by atomic mass is 16.5. The molecule has 0 amide bonds. The van der Waals surface area contributed by atoms with Gasteiger partial charge in [-0.05, 0) is 44.0 Å². The number of hydrogen-bond acceptors (Lipinski definition) is 3. The summed E-state index contributed by atoms with van der Waals surface area (Å²) in [5.74, 6) is 0.895. The number of H-pyrrole nitrogens is 1. The number of benzene rings is 1. The van der Waals surface area contributed by atoms with Crippen molar-refractivity contribution in [2.24, 2.45) is 4.99 Å². The van der Waals surface area contributed by atoms with Gasteiger partial charge >= 0.3 is 0 Å². The molecule has 0 fully saturated rings. The Morgan fingerprint density at radius 3 is 2.92 bits per heavy atom. The molecule has 0 aliphatic carbocycles. The third kappa shape index (κ3) is 3.79. The van der Waals surface area contributed by atoms with Crippen molar-refractivity contribution >= 4 is 17.2 Å². The van der Waals surface area contributed by atoms with Gasteiger partial charge in [0.05, 0.1) is 6.61 Å². The SMILES string of the molecule is CCOc1ccccc1-c1c[nH]c2ncc(C/C(C)=C/C=NC)cc12. The summed E-state index contributed by atoms with van der Waals surface area (Å²) in [6, 6.07) is 10.3. The molecular formula is C21H23N3O. The summed E-state index contributed by atoms with van der Waals surface area (Å²) < 4.78 is 5.79. The Balaban J connectivity index is 2.02. The van der Waals surface area contributed by atoms with E-state index in [0.717, 1.165) is 34.3 Å². The fraction of sp³-hybridized carbons (Fsp3) is 0.238. The van der Waals surface area contributed by atoms with Crippen LogP contribution in [0.5, 0.6) is 5.75 Å². The Kier molecular flexibility index (Phi) is 5.29. The second-order valence-electron chi connectivity index (χ2n) is 5.97. The summed E-state index contributed by atoms with van der Waals surface area (Å²) in [6.45, 7) is 4.75. The van der Waals surface area contributed by atoms with Crippen molar-refractivity contribution in [3.8, 4) is 16.9 Å². The molecular weight excluding hydrogens is 310 g/mol. The van der Waals surface area contributed by atoms with Gasteiger partial charge in [0, 0.05) is 42.2 Å². The second kappa shape index (κ2) is 7.79. The smallest absolute Gasteiger partial charge is 0.137 e. The van der Waals surface area contributed by atoms with Gasteiger partial charge in [-0.3, -0.25) is 4.99 Å². The highest BCUT2D eigenvalue weighted by Crippen LogP contribution is 2.35. The number of pyridine rings is 1. The highest BCUT2D eigenvalue weighted by molar-refractivity contribution is 5.95. The van der Waals surface area contributed by atoms with Crippen LogP contribution in [0.15, 0.2) is 59.4 Å². The number of nitrogens with one attached hydrogen (secondary N) is 1. The fourth-order valence-electron chi connectivity index (χ4n) is 2.92. The van der Waals surface area contributed by atoms with Crippen LogP contribution in [0.4, 0.5) is 0 Å². The van der Waals surface area contributed by atoms with Crippen LogP contribution in [-0.4, -0.2) is 29.8 Å². The molecule has 0 spiro atoms. The monoisotopic (exact) mass is 333 g/mol. The number of para-hydroxylation sites is 1. The number of hydrogen-bond donors (Lipinski definition) is 1. The van der Waals surface area contributed by atoms with E-state index >= 15 is 0 Å². The first-order valence-corrected chi connectivity index (χ1v) is 8.49. The van der Waals surface area contributed by atoms with E-state index in [0.29, 0.717) is 6.61 Å². The third-order valence-corrected chi connectivity index (χ3v) is 4.06. The van der Waals surface area contributed by atoms with Gasteiger partial charge in [-0.15, -0.1) is 0 Å². The lowest BCUT2D eigenvalue weighted by Gasteiger charge is -2.09. The standard InChI is InChI=1S/C21H23N3O/c1-4-25-20-8-6-5-7-17(20)19-14-24-21-18(19)12-16(13-23-21)11-15(2)9-10-22-3/h5-10,12-14H,4,11H2,1-3H3,(H,23,24)/b15-9+,22-10?. The predicted octanol–water partition coefficient (Wildman–Crippen LogP) is 4.82. The predicted molar refractivity (Wildman–Crippen MR) is 105 cm³/mol. The lowest BCUT2D eigenvalue weighted by molar-refractivity contribution is 0.341. The number of rotatable bonds is 6. The number of ether oxygens (including phenoxy) is 1. The summed E-state index contributed by atoms with van der Waals surface area (Å²) in [7, 11) is 1.78. The first kappa shape index (κ1) is 17.0. The Bertz CT molecular complexity index is 922. The van der Waals surface area contributed by atoms with Gasteiger partial charge in [-0.1, -0.05) is 23.8 Å². The maximum atomic E-state index is 5.79. The Hall–Kier alpha value is -2.88. The first-order chi connectivity index (χ1) is 12.2. The van der Waals surface area contributed by atoms with E-state index in [2.05, 4.69) is 34.0 Å². The van der Waals surface area contributed by atoms with E-state index in [4.69, 9.17) is 4.74 Å². The Labute approximate surface area is 148 Å². The summed E-state index contributed by atoms with van der Waals surface area (Å²) in [6.07, 6.45) is 8.64. The zero-order chi connectivity index (χ0) is 17.6. The van der Waals surface area contributed by atoms with Crippen LogP contribution >= 0.6 is 0 Å². The molecule has 4 heteroatoms. The highest BCUT2D eigenvalue weighted by Gasteiger charge is 2.12. The second-order valence-corrected chi connectivity index (χ2v) is 5.97. The van der Waals surface area contributed by atoms with Gasteiger partial charge in [0.1, 0.15) is 11.4 Å². The Morgan fingerprint density at radius 2 is 2.12 bits per heavy atom. The molecule has 128 valence electrons. The van der Waals surface area contributed by atoms with Gasteiger partial charge in [0.25, 0.3) is 0 Å². The lowest BCUT2D eigenvalue weighted by Crippen LogP contribution is -1.94. The van der Waals surface area contributed by atoms with Crippen molar-refractivity contribution < 1.29 is 4.74 Å². The van der Waals surface area contributed by atoms with Crippen LogP contribution in [-0.2, 0) is 6.42 Å². The fourth-order valence-corrected chi connectivity index (χ4v) is 2.92. The van der Waals surface area contributed by atoms with Crippen molar-refractivity contribution in [3.63, 3.8) is 0 Å². The maximum Gasteiger partial charge on any atom is 0.137 e. The van der Waals surface area contributed by atoms with E-state index < -0.39 is 0 Å². The minimum atomic E-state index is 0.645. The number of aliphatic imine (C=N–C) groups is 1. The number of aromatic nitrogens is 2. The zero-order valence-corrected chi connectivity index (χ0v) is 14.9. The van der Waals surface area contributed by atoms with Crippen LogP contribution < -0.4 is 4.74 Å². The molecule has 0 aliphatic heterocycles. The average Bonchev–Trinajstić information content (AvgIpc) is 3.04. The molecule has 0 atom stereocenters. The quantitative estimate of drug-likeness (QED) is 0.658. The largest absolute Gasteiger partial charge is 0.493 e. The first-order valence-electron chi connectivity index (χ1n) is 8.49. The topological polar surface area (TPSA) is 50.3 Å². The molecule has 0 aliphatic rings. The lowest BCUT2D eigenvalue weighted by atomic mass is 10.0. The number of allylic oxidation sites excluding steroid dienone is 2. The molecule has 3 rings (SSSR count). The summed E-state index contributed by atoms with van der Waals surface area (Å²) in [4.78, 5) is 11.9. The van der Waals surface area contributed by atoms with Crippen molar-refractivity contribution in [1.29, 1.82) is 0 Å². The maximum absolute atomic E-state index is 5.79. The van der Waals surface area contributed by atoms with Crippen LogP contribution in [0, 0.1) is 0 Å². The molecule has 1 aromatic carbocycles. The summed E-state index contributed by atoms with van der Waals surface area (Å²) >= 11 is 0. The van der Waals surface area contributed by atoms with Crippen molar-refractivity contribution in [3.05, 3.63) is 59.9 Å². The molecule has 4 nitrogen and oxygen atoms in total. The molecule has 25 heavy (non-hydrogen) atoms. The van der Waals surface area contributed by atoms with Gasteiger partial charge in [-0.25, -0.2) is 4.98 Å². The number of nitrogens with zero attached hydrogens (tertiary/aromatic N) is 2. The molecule has 1 N–H and O–H groups in total. The van der Waals surface area contributed by atoms with Crippen LogP contribution in [0.3, 0.4) is 0 Å². The molecule has 0 saturated heterocycles. The summed E-state index contributed by atoms with van der Waals surface area (Å²) in [5.41, 5.74) is 5.52.